The standard InChI is InChI=1S/C85H92N4S8/c1-9-13-17-21-25-65-37-49-81(94-65)88(82-50-38-66(95-82)26-22-18-14-10-2)63-35-43-71-69-41-33-61(86(77-45-29-57(5)90-77)78-46-30-58(6)91-78)53-73(69)85(75(71)55-63)74-54-62(87(79-47-31-59(7)92-79)80-48-32-60(8)93-80)34-42-70(74)72-44-36-64(56-76(72)85)89(83-51-39-67(96-83)27-23-19-15-11-3)84-52-40-68(97-84)28-24-20-16-12-4/h29-56H,9-28H2,1-8H3. The Morgan fingerprint density at radius 2 is 0.454 bits per heavy atom. The summed E-state index contributed by atoms with van der Waals surface area (Å²) in [7, 11) is 0. The first-order chi connectivity index (χ1) is 47.5. The molecule has 4 aromatic carbocycles. The molecule has 4 nitrogen and oxygen atoms in total. The van der Waals surface area contributed by atoms with Crippen LogP contribution in [0.3, 0.4) is 0 Å². The maximum Gasteiger partial charge on any atom is 0.101 e. The first-order valence-corrected chi connectivity index (χ1v) is 42.5. The molecule has 0 amide bonds. The van der Waals surface area contributed by atoms with E-state index in [0.717, 1.165) is 25.7 Å². The minimum absolute atomic E-state index is 0.769. The molecule has 0 fully saturated rings. The van der Waals surface area contributed by atoms with Gasteiger partial charge in [-0.3, -0.25) is 19.6 Å². The number of thiophene rings is 8. The number of hydrogen-bond acceptors (Lipinski definition) is 12. The zero-order valence-electron chi connectivity index (χ0n) is 57.9. The quantitative estimate of drug-likeness (QED) is 0.0390. The van der Waals surface area contributed by atoms with Gasteiger partial charge in [0.25, 0.3) is 0 Å². The molecule has 0 aliphatic heterocycles. The van der Waals surface area contributed by atoms with Gasteiger partial charge in [0.15, 0.2) is 0 Å². The van der Waals surface area contributed by atoms with Crippen LogP contribution in [0, 0.1) is 27.7 Å². The number of hydrogen-bond donors (Lipinski definition) is 0. The maximum atomic E-state index is 2.66. The molecular formula is C85H92N4S8. The van der Waals surface area contributed by atoms with Crippen LogP contribution in [-0.4, -0.2) is 0 Å². The largest absolute Gasteiger partial charge is 0.293 e. The van der Waals surface area contributed by atoms with Crippen LogP contribution in [-0.2, 0) is 31.1 Å². The molecule has 8 aromatic heterocycles. The summed E-state index contributed by atoms with van der Waals surface area (Å²) in [4.78, 5) is 21.5. The van der Waals surface area contributed by atoms with Gasteiger partial charge in [-0.15, -0.1) is 90.7 Å². The average Bonchev–Trinajstić information content (AvgIpc) is 1.50. The normalized spacial score (nSPS) is 12.6. The third-order valence-electron chi connectivity index (χ3n) is 19.6. The van der Waals surface area contributed by atoms with Crippen molar-refractivity contribution in [2.24, 2.45) is 0 Å². The predicted molar refractivity (Wildman–Crippen MR) is 435 cm³/mol. The maximum absolute atomic E-state index is 2.66. The van der Waals surface area contributed by atoms with Crippen molar-refractivity contribution in [2.45, 2.75) is 189 Å². The molecule has 500 valence electrons. The van der Waals surface area contributed by atoms with E-state index >= 15 is 0 Å². The Morgan fingerprint density at radius 1 is 0.237 bits per heavy atom. The molecule has 12 aromatic rings. The van der Waals surface area contributed by atoms with E-state index in [1.165, 1.54) is 249 Å². The van der Waals surface area contributed by atoms with Crippen molar-refractivity contribution in [3.8, 4) is 22.3 Å². The van der Waals surface area contributed by atoms with Crippen molar-refractivity contribution in [3.05, 3.63) is 231 Å². The van der Waals surface area contributed by atoms with E-state index in [2.05, 4.69) is 245 Å². The Bertz CT molecular complexity index is 4150. The lowest BCUT2D eigenvalue weighted by Gasteiger charge is -2.34. The topological polar surface area (TPSA) is 13.0 Å². The summed E-state index contributed by atoms with van der Waals surface area (Å²) < 4.78 is 0. The van der Waals surface area contributed by atoms with Gasteiger partial charge in [0.2, 0.25) is 0 Å². The lowest BCUT2D eigenvalue weighted by molar-refractivity contribution is 0.670. The number of anilines is 12. The highest BCUT2D eigenvalue weighted by atomic mass is 32.1. The summed E-state index contributed by atoms with van der Waals surface area (Å²) in [5.74, 6) is 0. The fourth-order valence-corrected chi connectivity index (χ4v) is 22.9. The van der Waals surface area contributed by atoms with Crippen molar-refractivity contribution < 1.29 is 0 Å². The number of benzene rings is 4. The van der Waals surface area contributed by atoms with Crippen molar-refractivity contribution >= 4 is 153 Å². The zero-order valence-corrected chi connectivity index (χ0v) is 64.4. The molecule has 0 N–H and O–H groups in total. The first kappa shape index (κ1) is 67.8. The van der Waals surface area contributed by atoms with E-state index in [-0.39, 0.29) is 0 Å². The average molecular weight is 1430 g/mol. The summed E-state index contributed by atoms with van der Waals surface area (Å²) in [6, 6.07) is 68.3. The fraction of sp³-hybridized carbons (Fsp3) is 0.341. The van der Waals surface area contributed by atoms with Gasteiger partial charge in [-0.05, 0) is 269 Å². The lowest BCUT2D eigenvalue weighted by Crippen LogP contribution is -2.27. The summed E-state index contributed by atoms with van der Waals surface area (Å²) in [6.07, 6.45) is 24.6. The SMILES string of the molecule is CCCCCCc1ccc(N(c2ccc3c(c2)C2(c4cc(N(c5ccc(C)s5)c5ccc(C)s5)ccc4-3)c3cc(N(c4ccc(C)s4)c4ccc(C)s4)ccc3-c3ccc(N(c4ccc(CCCCCC)s4)c4ccc(CCCCCC)s4)cc32)c2ccc(CCCCCC)s2)s1. The van der Waals surface area contributed by atoms with Crippen LogP contribution in [0.1, 0.15) is 192 Å². The number of unbranched alkanes of at least 4 members (excludes halogenated alkanes) is 12. The van der Waals surface area contributed by atoms with E-state index in [4.69, 9.17) is 0 Å². The number of aryl methyl sites for hydroxylation is 8. The molecule has 2 aliphatic rings. The van der Waals surface area contributed by atoms with Gasteiger partial charge in [0.05, 0.1) is 5.41 Å². The minimum atomic E-state index is -0.769. The van der Waals surface area contributed by atoms with Crippen LogP contribution in [0.15, 0.2) is 170 Å². The van der Waals surface area contributed by atoms with Gasteiger partial charge in [-0.1, -0.05) is 129 Å². The highest BCUT2D eigenvalue weighted by Crippen LogP contribution is 2.66. The second-order valence-electron chi connectivity index (χ2n) is 26.8. The third-order valence-corrected chi connectivity index (χ3v) is 28.1. The van der Waals surface area contributed by atoms with Gasteiger partial charge in [0.1, 0.15) is 40.0 Å². The van der Waals surface area contributed by atoms with Gasteiger partial charge >= 0.3 is 0 Å². The second kappa shape index (κ2) is 30.7. The zero-order chi connectivity index (χ0) is 66.6. The van der Waals surface area contributed by atoms with Crippen molar-refractivity contribution in [1.29, 1.82) is 0 Å². The molecule has 8 heterocycles. The van der Waals surface area contributed by atoms with Crippen LogP contribution in [0.25, 0.3) is 22.3 Å². The van der Waals surface area contributed by atoms with Gasteiger partial charge in [0, 0.05) is 61.8 Å². The van der Waals surface area contributed by atoms with Crippen LogP contribution in [0.5, 0.6) is 0 Å². The second-order valence-corrected chi connectivity index (χ2v) is 36.4. The molecule has 0 unspecified atom stereocenters. The first-order valence-electron chi connectivity index (χ1n) is 35.9. The number of nitrogens with zero attached hydrogens (tertiary/aromatic N) is 4. The Hall–Kier alpha value is -6.32. The summed E-state index contributed by atoms with van der Waals surface area (Å²) in [5, 5.41) is 10.0. The molecule has 0 bridgehead atoms. The molecule has 14 rings (SSSR count). The van der Waals surface area contributed by atoms with Gasteiger partial charge in [-0.25, -0.2) is 0 Å². The third kappa shape index (κ3) is 14.0. The molecule has 0 saturated carbocycles. The Kier molecular flexibility index (Phi) is 21.4. The molecule has 0 atom stereocenters. The lowest BCUT2D eigenvalue weighted by atomic mass is 9.70. The Morgan fingerprint density at radius 3 is 0.660 bits per heavy atom. The van der Waals surface area contributed by atoms with Crippen LogP contribution in [0.4, 0.5) is 62.8 Å². The molecular weight excluding hydrogens is 1330 g/mol. The van der Waals surface area contributed by atoms with E-state index in [1.807, 2.05) is 90.7 Å². The smallest absolute Gasteiger partial charge is 0.101 e. The number of rotatable bonds is 32. The highest BCUT2D eigenvalue weighted by molar-refractivity contribution is 7.20. The summed E-state index contributed by atoms with van der Waals surface area (Å²) in [5.41, 5.74) is 14.5. The summed E-state index contributed by atoms with van der Waals surface area (Å²) in [6.45, 7) is 18.3. The van der Waals surface area contributed by atoms with Gasteiger partial charge < -0.3 is 0 Å². The van der Waals surface area contributed by atoms with Crippen LogP contribution >= 0.6 is 90.7 Å². The van der Waals surface area contributed by atoms with E-state index in [1.54, 1.807) is 0 Å². The Balaban J connectivity index is 1.03. The molecule has 1 spiro atoms. The van der Waals surface area contributed by atoms with Gasteiger partial charge in [-0.2, -0.15) is 0 Å². The minimum Gasteiger partial charge on any atom is -0.293 e. The van der Waals surface area contributed by atoms with Crippen LogP contribution < -0.4 is 19.6 Å². The van der Waals surface area contributed by atoms with Crippen molar-refractivity contribution in [3.63, 3.8) is 0 Å². The fourth-order valence-electron chi connectivity index (χ4n) is 14.7. The van der Waals surface area contributed by atoms with Crippen LogP contribution in [0.2, 0.25) is 0 Å². The number of fused-ring (bicyclic) bond motifs is 10. The highest BCUT2D eigenvalue weighted by Gasteiger charge is 2.53. The van der Waals surface area contributed by atoms with Crippen molar-refractivity contribution in [1.82, 2.24) is 0 Å². The predicted octanol–water partition coefficient (Wildman–Crippen LogP) is 30.1. The van der Waals surface area contributed by atoms with Crippen molar-refractivity contribution in [2.75, 3.05) is 19.6 Å². The molecule has 2 aliphatic carbocycles. The molecule has 0 saturated heterocycles. The monoisotopic (exact) mass is 1420 g/mol. The van der Waals surface area contributed by atoms with E-state index in [9.17, 15) is 0 Å². The molecule has 12 heteroatoms. The van der Waals surface area contributed by atoms with E-state index < -0.39 is 5.41 Å². The molecule has 0 radical (unpaired) electrons. The molecule has 97 heavy (non-hydrogen) atoms. The van der Waals surface area contributed by atoms with E-state index in [0.29, 0.717) is 0 Å². The Labute approximate surface area is 610 Å². The summed E-state index contributed by atoms with van der Waals surface area (Å²) >= 11 is 15.5.